The van der Waals surface area contributed by atoms with Gasteiger partial charge < -0.3 is 19.5 Å². The minimum Gasteiger partial charge on any atom is -0.496 e. The second-order valence-electron chi connectivity index (χ2n) is 9.20. The highest BCUT2D eigenvalue weighted by Gasteiger charge is 2.37. The molecule has 4 rings (SSSR count). The fourth-order valence-electron chi connectivity index (χ4n) is 4.51. The van der Waals surface area contributed by atoms with Gasteiger partial charge in [-0.25, -0.2) is 9.78 Å². The van der Waals surface area contributed by atoms with Gasteiger partial charge in [0.1, 0.15) is 23.4 Å². The predicted molar refractivity (Wildman–Crippen MR) is 126 cm³/mol. The third-order valence-corrected chi connectivity index (χ3v) is 6.01. The van der Waals surface area contributed by atoms with Crippen LogP contribution in [0.4, 0.5) is 10.6 Å². The molecule has 2 aromatic heterocycles. The first-order chi connectivity index (χ1) is 16.2. The van der Waals surface area contributed by atoms with Crippen LogP contribution in [0.5, 0.6) is 11.5 Å². The van der Waals surface area contributed by atoms with Crippen molar-refractivity contribution in [1.82, 2.24) is 19.3 Å². The first-order valence-corrected chi connectivity index (χ1v) is 11.0. The van der Waals surface area contributed by atoms with E-state index in [0.717, 1.165) is 12.2 Å². The van der Waals surface area contributed by atoms with E-state index in [-0.39, 0.29) is 6.04 Å². The van der Waals surface area contributed by atoms with Gasteiger partial charge in [0.2, 0.25) is 5.78 Å². The smallest absolute Gasteiger partial charge is 0.408 e. The van der Waals surface area contributed by atoms with E-state index in [1.807, 2.05) is 39.2 Å². The number of carbonyl (C=O) groups is 1. The molecule has 1 amide bonds. The van der Waals surface area contributed by atoms with E-state index in [1.54, 1.807) is 23.6 Å². The van der Waals surface area contributed by atoms with E-state index >= 15 is 0 Å². The minimum absolute atomic E-state index is 0.112. The molecule has 10 nitrogen and oxygen atoms in total. The average Bonchev–Trinajstić information content (AvgIpc) is 3.43. The summed E-state index contributed by atoms with van der Waals surface area (Å²) in [6, 6.07) is 7.29. The monoisotopic (exact) mass is 464 g/mol. The van der Waals surface area contributed by atoms with Crippen molar-refractivity contribution in [3.05, 3.63) is 36.2 Å². The van der Waals surface area contributed by atoms with E-state index in [0.29, 0.717) is 47.2 Å². The normalized spacial score (nSPS) is 15.9. The van der Waals surface area contributed by atoms with Crippen molar-refractivity contribution >= 4 is 17.7 Å². The molecule has 1 fully saturated rings. The molecule has 1 saturated heterocycles. The molecule has 10 heteroatoms. The van der Waals surface area contributed by atoms with Crippen LogP contribution in [0.2, 0.25) is 0 Å². The molecule has 1 atom stereocenters. The molecular weight excluding hydrogens is 436 g/mol. The molecule has 1 aliphatic heterocycles. The fraction of sp³-hybridized carbons (Fsp3) is 0.417. The topological polar surface area (TPSA) is 116 Å². The van der Waals surface area contributed by atoms with Gasteiger partial charge in [0.05, 0.1) is 31.5 Å². The Morgan fingerprint density at radius 2 is 1.97 bits per heavy atom. The van der Waals surface area contributed by atoms with Crippen molar-refractivity contribution in [3.8, 4) is 28.8 Å². The van der Waals surface area contributed by atoms with Crippen LogP contribution in [0.25, 0.3) is 17.0 Å². The fourth-order valence-corrected chi connectivity index (χ4v) is 4.51. The Hall–Kier alpha value is -4.00. The van der Waals surface area contributed by atoms with Gasteiger partial charge in [0, 0.05) is 42.7 Å². The van der Waals surface area contributed by atoms with Crippen LogP contribution in [0.3, 0.4) is 0 Å². The van der Waals surface area contributed by atoms with Crippen LogP contribution in [-0.2, 0) is 0 Å². The Morgan fingerprint density at radius 1 is 1.24 bits per heavy atom. The quantitative estimate of drug-likeness (QED) is 0.608. The van der Waals surface area contributed by atoms with Gasteiger partial charge in [-0.2, -0.15) is 10.2 Å². The second kappa shape index (κ2) is 8.74. The summed E-state index contributed by atoms with van der Waals surface area (Å²) in [4.78, 5) is 24.9. The number of hydrogen-bond acceptors (Lipinski definition) is 7. The van der Waals surface area contributed by atoms with Crippen LogP contribution in [-0.4, -0.2) is 69.4 Å². The predicted octanol–water partition coefficient (Wildman–Crippen LogP) is 3.64. The van der Waals surface area contributed by atoms with Gasteiger partial charge in [-0.15, -0.1) is 0 Å². The minimum atomic E-state index is -0.911. The van der Waals surface area contributed by atoms with E-state index in [1.165, 1.54) is 12.0 Å². The second-order valence-corrected chi connectivity index (χ2v) is 9.20. The van der Waals surface area contributed by atoms with Crippen molar-refractivity contribution in [3.63, 3.8) is 0 Å². The lowest BCUT2D eigenvalue weighted by Crippen LogP contribution is -2.52. The number of fused-ring (bicyclic) bond motifs is 1. The van der Waals surface area contributed by atoms with Gasteiger partial charge in [-0.1, -0.05) is 0 Å². The third-order valence-electron chi connectivity index (χ3n) is 6.01. The van der Waals surface area contributed by atoms with Crippen LogP contribution in [0.15, 0.2) is 30.6 Å². The molecule has 0 bridgehead atoms. The molecule has 0 saturated carbocycles. The molecule has 0 radical (unpaired) electrons. The van der Waals surface area contributed by atoms with Gasteiger partial charge in [-0.3, -0.25) is 9.30 Å². The van der Waals surface area contributed by atoms with E-state index in [4.69, 9.17) is 14.5 Å². The number of aromatic nitrogens is 3. The standard InChI is InChI=1S/C24H28N6O4/c1-24(2,3)30(23(31)32)16-6-8-28(13-16)21-7-9-29-14-18(26-22(29)27-21)17-10-15(12-25)19(33-4)11-20(17)34-5/h7,9-11,14,16H,6,8,13H2,1-5H3,(H,31,32). The molecule has 1 unspecified atom stereocenters. The summed E-state index contributed by atoms with van der Waals surface area (Å²) in [5.41, 5.74) is 1.18. The molecule has 1 aliphatic rings. The van der Waals surface area contributed by atoms with Gasteiger partial charge in [-0.05, 0) is 39.3 Å². The number of nitriles is 1. The lowest BCUT2D eigenvalue weighted by atomic mass is 10.0. The number of imidazole rings is 1. The number of nitrogens with zero attached hydrogens (tertiary/aromatic N) is 6. The van der Waals surface area contributed by atoms with Crippen molar-refractivity contribution in [2.24, 2.45) is 0 Å². The number of hydrogen-bond donors (Lipinski definition) is 1. The van der Waals surface area contributed by atoms with Crippen molar-refractivity contribution in [2.45, 2.75) is 38.8 Å². The molecular formula is C24H28N6O4. The maximum atomic E-state index is 11.9. The zero-order chi connectivity index (χ0) is 24.6. The molecule has 3 heterocycles. The zero-order valence-electron chi connectivity index (χ0n) is 19.9. The Morgan fingerprint density at radius 3 is 2.59 bits per heavy atom. The summed E-state index contributed by atoms with van der Waals surface area (Å²) >= 11 is 0. The number of anilines is 1. The summed E-state index contributed by atoms with van der Waals surface area (Å²) in [5, 5.41) is 19.2. The number of methoxy groups -OCH3 is 2. The Kier molecular flexibility index (Phi) is 5.96. The number of amides is 1. The zero-order valence-corrected chi connectivity index (χ0v) is 19.9. The van der Waals surface area contributed by atoms with Crippen molar-refractivity contribution in [1.29, 1.82) is 5.26 Å². The summed E-state index contributed by atoms with van der Waals surface area (Å²) in [6.07, 6.45) is 3.53. The molecule has 1 aromatic carbocycles. The first-order valence-electron chi connectivity index (χ1n) is 11.0. The molecule has 0 aliphatic carbocycles. The number of benzene rings is 1. The maximum absolute atomic E-state index is 11.9. The van der Waals surface area contributed by atoms with E-state index in [2.05, 4.69) is 16.0 Å². The number of carboxylic acid groups (broad SMARTS) is 1. The van der Waals surface area contributed by atoms with Gasteiger partial charge in [0.15, 0.2) is 0 Å². The summed E-state index contributed by atoms with van der Waals surface area (Å²) in [5.74, 6) is 2.21. The van der Waals surface area contributed by atoms with Crippen LogP contribution in [0.1, 0.15) is 32.8 Å². The maximum Gasteiger partial charge on any atom is 0.408 e. The largest absolute Gasteiger partial charge is 0.496 e. The van der Waals surface area contributed by atoms with E-state index < -0.39 is 11.6 Å². The lowest BCUT2D eigenvalue weighted by Gasteiger charge is -2.37. The highest BCUT2D eigenvalue weighted by atomic mass is 16.5. The Bertz CT molecular complexity index is 1270. The molecule has 0 spiro atoms. The Labute approximate surface area is 198 Å². The SMILES string of the molecule is COc1cc(OC)c(-c2cn3ccc(N4CCC(N(C(=O)O)C(C)(C)C)C4)nc3n2)cc1C#N. The molecule has 3 aromatic rings. The highest BCUT2D eigenvalue weighted by Crippen LogP contribution is 2.35. The average molecular weight is 465 g/mol. The van der Waals surface area contributed by atoms with E-state index in [9.17, 15) is 15.2 Å². The lowest BCUT2D eigenvalue weighted by molar-refractivity contribution is 0.0763. The van der Waals surface area contributed by atoms with Gasteiger partial charge >= 0.3 is 6.09 Å². The Balaban J connectivity index is 1.64. The molecule has 178 valence electrons. The number of rotatable bonds is 5. The van der Waals surface area contributed by atoms with Crippen molar-refractivity contribution < 1.29 is 19.4 Å². The van der Waals surface area contributed by atoms with Crippen LogP contribution in [0, 0.1) is 11.3 Å². The third kappa shape index (κ3) is 4.17. The molecule has 1 N–H and O–H groups in total. The summed E-state index contributed by atoms with van der Waals surface area (Å²) in [7, 11) is 3.06. The summed E-state index contributed by atoms with van der Waals surface area (Å²) < 4.78 is 12.6. The van der Waals surface area contributed by atoms with Crippen LogP contribution < -0.4 is 14.4 Å². The molecule has 34 heavy (non-hydrogen) atoms. The first kappa shape index (κ1) is 23.2. The van der Waals surface area contributed by atoms with Crippen molar-refractivity contribution in [2.75, 3.05) is 32.2 Å². The van der Waals surface area contributed by atoms with Crippen LogP contribution >= 0.6 is 0 Å². The van der Waals surface area contributed by atoms with Gasteiger partial charge in [0.25, 0.3) is 0 Å². The highest BCUT2D eigenvalue weighted by molar-refractivity contribution is 5.73. The summed E-state index contributed by atoms with van der Waals surface area (Å²) in [6.45, 7) is 7.00. The number of ether oxygens (including phenoxy) is 2.